The lowest BCUT2D eigenvalue weighted by Gasteiger charge is -2.14. The van der Waals surface area contributed by atoms with Crippen molar-refractivity contribution in [1.82, 2.24) is 0 Å². The van der Waals surface area contributed by atoms with Crippen molar-refractivity contribution in [2.75, 3.05) is 37.6 Å². The maximum atomic E-state index is 13.0. The number of hydrogen-bond acceptors (Lipinski definition) is 25. The highest BCUT2D eigenvalue weighted by atomic mass is 32.3. The third-order valence-corrected chi connectivity index (χ3v) is 13.2. The van der Waals surface area contributed by atoms with Crippen LogP contribution in [0, 0.1) is 6.92 Å². The van der Waals surface area contributed by atoms with E-state index in [0.717, 1.165) is 30.3 Å². The summed E-state index contributed by atoms with van der Waals surface area (Å²) in [6.07, 6.45) is 0. The summed E-state index contributed by atoms with van der Waals surface area (Å²) in [6, 6.07) is 8.93. The SMILES string of the molecule is COc1cc(S(=O)(=O)CCOSOOO)c(C)cc1N=Nc1c(SOOO)cc2cc(S(=O)(=O)O)c(N=Nc3cccc(S(=O)(=O)CCOS(=O)(=O)O)c3)c(N)c2c1O. The van der Waals surface area contributed by atoms with Crippen LogP contribution in [0.15, 0.2) is 88.6 Å². The summed E-state index contributed by atoms with van der Waals surface area (Å²) in [5, 5.41) is 50.8. The molecule has 322 valence electrons. The van der Waals surface area contributed by atoms with Crippen molar-refractivity contribution in [1.29, 1.82) is 0 Å². The molecule has 0 radical (unpaired) electrons. The summed E-state index contributed by atoms with van der Waals surface area (Å²) >= 11 is 0.434. The zero-order valence-electron chi connectivity index (χ0n) is 29.6. The van der Waals surface area contributed by atoms with Crippen LogP contribution < -0.4 is 10.5 Å². The van der Waals surface area contributed by atoms with Crippen LogP contribution in [0.4, 0.5) is 28.4 Å². The minimum atomic E-state index is -5.16. The molecule has 0 bridgehead atoms. The number of nitrogen functional groups attached to an aromatic ring is 1. The number of phenolic OH excluding ortho intramolecular Hbond substituents is 1. The average Bonchev–Trinajstić information content (AvgIpc) is 3.15. The first-order chi connectivity index (χ1) is 27.6. The highest BCUT2D eigenvalue weighted by molar-refractivity contribution is 7.94. The topological polar surface area (TPSA) is 378 Å². The Hall–Kier alpha value is -4.16. The molecule has 25 nitrogen and oxygen atoms in total. The predicted octanol–water partition coefficient (Wildman–Crippen LogP) is 5.32. The summed E-state index contributed by atoms with van der Waals surface area (Å²) < 4.78 is 140. The average molecular weight is 948 g/mol. The number of ether oxygens (including phenoxy) is 1. The Morgan fingerprint density at radius 2 is 1.46 bits per heavy atom. The van der Waals surface area contributed by atoms with Gasteiger partial charge in [-0.15, -0.1) is 24.0 Å². The number of sulfone groups is 2. The molecule has 31 heteroatoms. The molecule has 4 rings (SSSR count). The monoisotopic (exact) mass is 947 g/mol. The minimum absolute atomic E-state index is 0.0709. The van der Waals surface area contributed by atoms with Crippen molar-refractivity contribution < 1.29 is 90.2 Å². The van der Waals surface area contributed by atoms with Crippen molar-refractivity contribution in [3.8, 4) is 11.5 Å². The van der Waals surface area contributed by atoms with Gasteiger partial charge < -0.3 is 15.6 Å². The Bertz CT molecular complexity index is 2720. The lowest BCUT2D eigenvalue weighted by molar-refractivity contribution is -0.434. The highest BCUT2D eigenvalue weighted by Crippen LogP contribution is 2.50. The van der Waals surface area contributed by atoms with Gasteiger partial charge in [0.15, 0.2) is 37.7 Å². The Balaban J connectivity index is 1.82. The van der Waals surface area contributed by atoms with E-state index in [1.54, 1.807) is 0 Å². The molecule has 0 atom stereocenters. The first-order valence-electron chi connectivity index (χ1n) is 15.3. The third kappa shape index (κ3) is 12.4. The van der Waals surface area contributed by atoms with Crippen LogP contribution in [0.1, 0.15) is 5.56 Å². The van der Waals surface area contributed by atoms with Gasteiger partial charge in [-0.3, -0.25) is 13.3 Å². The van der Waals surface area contributed by atoms with Gasteiger partial charge in [0.1, 0.15) is 27.7 Å². The van der Waals surface area contributed by atoms with E-state index in [1.807, 2.05) is 0 Å². The fraction of sp³-hybridized carbons (Fsp3) is 0.214. The molecular formula is C28H29N5O20S6. The van der Waals surface area contributed by atoms with Crippen LogP contribution in [0.25, 0.3) is 10.8 Å². The number of aryl methyl sites for hydroxylation is 1. The smallest absolute Gasteiger partial charge is 0.397 e. The van der Waals surface area contributed by atoms with Crippen molar-refractivity contribution >= 4 is 104 Å². The molecular weight excluding hydrogens is 919 g/mol. The summed E-state index contributed by atoms with van der Waals surface area (Å²) in [5.41, 5.74) is 4.40. The largest absolute Gasteiger partial charge is 0.505 e. The number of hydrogen-bond donors (Lipinski definition) is 6. The van der Waals surface area contributed by atoms with Crippen molar-refractivity contribution in [2.24, 2.45) is 20.5 Å². The number of benzene rings is 4. The molecule has 0 aliphatic heterocycles. The third-order valence-electron chi connectivity index (χ3n) is 7.38. The Morgan fingerprint density at radius 3 is 2.10 bits per heavy atom. The van der Waals surface area contributed by atoms with Crippen LogP contribution in [0.5, 0.6) is 11.5 Å². The number of nitrogens with two attached hydrogens (primary N) is 1. The number of anilines is 1. The Morgan fingerprint density at radius 1 is 0.780 bits per heavy atom. The number of aromatic hydroxyl groups is 1. The number of rotatable bonds is 21. The lowest BCUT2D eigenvalue weighted by atomic mass is 10.1. The molecule has 0 fully saturated rings. The fourth-order valence-electron chi connectivity index (χ4n) is 4.89. The lowest BCUT2D eigenvalue weighted by Crippen LogP contribution is -2.15. The second kappa shape index (κ2) is 19.9. The molecule has 0 saturated heterocycles. The second-order valence-electron chi connectivity index (χ2n) is 11.1. The van der Waals surface area contributed by atoms with Gasteiger partial charge in [-0.2, -0.15) is 21.9 Å². The van der Waals surface area contributed by atoms with Crippen LogP contribution in [0.2, 0.25) is 0 Å². The van der Waals surface area contributed by atoms with E-state index in [4.69, 9.17) is 29.7 Å². The Kier molecular flexibility index (Phi) is 16.1. The van der Waals surface area contributed by atoms with E-state index in [9.17, 15) is 43.3 Å². The van der Waals surface area contributed by atoms with E-state index >= 15 is 0 Å². The predicted molar refractivity (Wildman–Crippen MR) is 203 cm³/mol. The van der Waals surface area contributed by atoms with Crippen molar-refractivity contribution in [2.45, 2.75) is 26.5 Å². The second-order valence-corrected chi connectivity index (χ2v) is 19.0. The quantitative estimate of drug-likeness (QED) is 0.0117. The van der Waals surface area contributed by atoms with Gasteiger partial charge in [0.25, 0.3) is 10.1 Å². The van der Waals surface area contributed by atoms with Gasteiger partial charge in [-0.1, -0.05) is 16.1 Å². The highest BCUT2D eigenvalue weighted by Gasteiger charge is 2.26. The van der Waals surface area contributed by atoms with Gasteiger partial charge in [0.05, 0.1) is 75.3 Å². The van der Waals surface area contributed by atoms with Gasteiger partial charge in [0.2, 0.25) is 0 Å². The number of methoxy groups -OCH3 is 1. The molecule has 59 heavy (non-hydrogen) atoms. The molecule has 0 unspecified atom stereocenters. The van der Waals surface area contributed by atoms with Crippen LogP contribution >= 0.6 is 24.4 Å². The maximum Gasteiger partial charge on any atom is 0.397 e. The van der Waals surface area contributed by atoms with Gasteiger partial charge >= 0.3 is 10.4 Å². The van der Waals surface area contributed by atoms with E-state index in [0.29, 0.717) is 0 Å². The molecule has 0 aliphatic rings. The zero-order chi connectivity index (χ0) is 43.8. The van der Waals surface area contributed by atoms with E-state index < -0.39 is 90.9 Å². The van der Waals surface area contributed by atoms with Gasteiger partial charge in [-0.05, 0) is 54.3 Å². The zero-order valence-corrected chi connectivity index (χ0v) is 34.5. The fourth-order valence-corrected chi connectivity index (χ4v) is 9.26. The van der Waals surface area contributed by atoms with Crippen LogP contribution in [0.3, 0.4) is 0 Å². The van der Waals surface area contributed by atoms with E-state index in [1.165, 1.54) is 32.2 Å². The number of fused-ring (bicyclic) bond motifs is 1. The molecule has 0 heterocycles. The van der Waals surface area contributed by atoms with Crippen molar-refractivity contribution in [3.05, 3.63) is 54.1 Å². The summed E-state index contributed by atoms with van der Waals surface area (Å²) in [6.45, 7) is 0.132. The molecule has 4 aromatic rings. The van der Waals surface area contributed by atoms with Crippen LogP contribution in [-0.4, -0.2) is 90.2 Å². The first kappa shape index (κ1) is 47.5. The first-order valence-corrected chi connectivity index (χ1v) is 22.9. The molecule has 0 amide bonds. The number of phenols is 1. The summed E-state index contributed by atoms with van der Waals surface area (Å²) in [4.78, 5) is -1.72. The molecule has 0 aromatic heterocycles. The maximum absolute atomic E-state index is 13.0. The molecule has 0 saturated carbocycles. The minimum Gasteiger partial charge on any atom is -0.505 e. The van der Waals surface area contributed by atoms with Gasteiger partial charge in [0, 0.05) is 6.07 Å². The number of nitrogens with zero attached hydrogens (tertiary/aromatic N) is 4. The molecule has 0 aliphatic carbocycles. The van der Waals surface area contributed by atoms with Crippen LogP contribution in [-0.2, 0) is 67.3 Å². The normalized spacial score (nSPS) is 12.9. The molecule has 7 N–H and O–H groups in total. The van der Waals surface area contributed by atoms with Crippen molar-refractivity contribution in [3.63, 3.8) is 0 Å². The molecule has 0 spiro atoms. The van der Waals surface area contributed by atoms with E-state index in [-0.39, 0.29) is 74.2 Å². The molecule has 4 aromatic carbocycles. The Labute approximate surface area is 342 Å². The summed E-state index contributed by atoms with van der Waals surface area (Å²) in [5.74, 6) is -2.35. The van der Waals surface area contributed by atoms with Gasteiger partial charge in [-0.25, -0.2) is 31.5 Å². The number of azo groups is 2. The summed E-state index contributed by atoms with van der Waals surface area (Å²) in [7, 11) is -17.1. The van der Waals surface area contributed by atoms with E-state index in [2.05, 4.69) is 43.4 Å². The standard InChI is InChI=1S/C28H29N5O20S6/c1-15-10-19(20(47-2)14-22(15)57(39,40)8-6-48-55-53-51-36)31-32-26-21(54-52-50-35)11-16-12-23(58(41,42)43)27(25(29)24(16)28(26)34)33-30-17-4-3-5-18(13-17)56(37,38)9-7-49-59(44,45)46/h3-5,10-14,34-36H,6-9,29H2,1-2H3,(H,41,42,43)(H,44,45,46).